The molecule has 3 N–H and O–H groups in total. The second-order valence-electron chi connectivity index (χ2n) is 6.64. The highest BCUT2D eigenvalue weighted by Crippen LogP contribution is 2.28. The molecule has 0 bridgehead atoms. The van der Waals surface area contributed by atoms with Crippen molar-refractivity contribution in [3.8, 4) is 5.75 Å². The van der Waals surface area contributed by atoms with Crippen LogP contribution in [0.1, 0.15) is 18.4 Å². The summed E-state index contributed by atoms with van der Waals surface area (Å²) in [4.78, 5) is 16.2. The summed E-state index contributed by atoms with van der Waals surface area (Å²) in [6, 6.07) is 10.3. The topological polar surface area (TPSA) is 119 Å². The third kappa shape index (κ3) is 4.91. The molecule has 0 saturated carbocycles. The lowest BCUT2D eigenvalue weighted by atomic mass is 10.0. The molecule has 1 aliphatic rings. The minimum atomic E-state index is -4.02. The number of nitrogens with zero attached hydrogens (tertiary/aromatic N) is 1. The van der Waals surface area contributed by atoms with E-state index in [0.717, 1.165) is 9.87 Å². The lowest BCUT2D eigenvalue weighted by molar-refractivity contribution is -0.144. The maximum Gasteiger partial charge on any atom is 0.322 e. The van der Waals surface area contributed by atoms with E-state index in [2.05, 4.69) is 0 Å². The van der Waals surface area contributed by atoms with E-state index in [9.17, 15) is 22.7 Å². The van der Waals surface area contributed by atoms with Crippen molar-refractivity contribution in [3.05, 3.63) is 59.9 Å². The molecule has 10 heteroatoms. The van der Waals surface area contributed by atoms with Gasteiger partial charge < -0.3 is 14.7 Å². The van der Waals surface area contributed by atoms with Crippen molar-refractivity contribution in [2.75, 3.05) is 6.54 Å². The Morgan fingerprint density at radius 2 is 1.83 bits per heavy atom. The predicted octanol–water partition coefficient (Wildman–Crippen LogP) is 1.90. The van der Waals surface area contributed by atoms with Gasteiger partial charge in [0, 0.05) is 13.0 Å². The lowest BCUT2D eigenvalue weighted by Crippen LogP contribution is -2.52. The molecule has 1 aliphatic heterocycles. The highest BCUT2D eigenvalue weighted by Gasteiger charge is 2.41. The van der Waals surface area contributed by atoms with Crippen LogP contribution in [-0.4, -0.2) is 42.5 Å². The van der Waals surface area contributed by atoms with Gasteiger partial charge in [-0.3, -0.25) is 4.79 Å². The van der Waals surface area contributed by atoms with Gasteiger partial charge in [0.15, 0.2) is 0 Å². The molecule has 3 rings (SSSR count). The SMILES string of the molecule is NO[C@@H]1CCN(S(=O)(=O)c2ccc(OCc3ccc(F)cc3)cc2)[C@@H](C(=O)O)C1. The summed E-state index contributed by atoms with van der Waals surface area (Å²) in [6.45, 7) is 0.185. The van der Waals surface area contributed by atoms with Crippen LogP contribution in [0.25, 0.3) is 0 Å². The summed E-state index contributed by atoms with van der Waals surface area (Å²) in [5.74, 6) is 3.96. The molecular weight excluding hydrogens is 403 g/mol. The van der Waals surface area contributed by atoms with Gasteiger partial charge in [-0.1, -0.05) is 12.1 Å². The Labute approximate surface area is 167 Å². The maximum absolute atomic E-state index is 12.9. The molecule has 29 heavy (non-hydrogen) atoms. The second-order valence-corrected chi connectivity index (χ2v) is 8.53. The number of carboxylic acid groups (broad SMARTS) is 1. The van der Waals surface area contributed by atoms with E-state index in [0.29, 0.717) is 12.2 Å². The lowest BCUT2D eigenvalue weighted by Gasteiger charge is -2.35. The van der Waals surface area contributed by atoms with Crippen LogP contribution in [0.15, 0.2) is 53.4 Å². The zero-order valence-corrected chi connectivity index (χ0v) is 16.2. The Morgan fingerprint density at radius 1 is 1.17 bits per heavy atom. The Morgan fingerprint density at radius 3 is 2.41 bits per heavy atom. The van der Waals surface area contributed by atoms with Gasteiger partial charge in [-0.25, -0.2) is 18.7 Å². The molecule has 2 atom stereocenters. The third-order valence-corrected chi connectivity index (χ3v) is 6.65. The summed E-state index contributed by atoms with van der Waals surface area (Å²) in [6.07, 6.45) is -0.229. The molecular formula is C19H21FN2O6S. The summed E-state index contributed by atoms with van der Waals surface area (Å²) < 4.78 is 45.3. The van der Waals surface area contributed by atoms with E-state index >= 15 is 0 Å². The number of carboxylic acids is 1. The fourth-order valence-corrected chi connectivity index (χ4v) is 4.75. The first-order valence-corrected chi connectivity index (χ1v) is 10.3. The minimum Gasteiger partial charge on any atom is -0.489 e. The van der Waals surface area contributed by atoms with Crippen molar-refractivity contribution >= 4 is 16.0 Å². The summed E-state index contributed by atoms with van der Waals surface area (Å²) in [7, 11) is -4.02. The standard InChI is InChI=1S/C19H21FN2O6S/c20-14-3-1-13(2-4-14)12-27-15-5-7-17(8-6-15)29(25,26)22-10-9-16(28-21)11-18(22)19(23)24/h1-8,16,18H,9-12,21H2,(H,23,24)/t16-,18-/m1/s1. The molecule has 156 valence electrons. The number of nitrogens with two attached hydrogens (primary N) is 1. The first kappa shape index (κ1) is 21.2. The maximum atomic E-state index is 12.9. The number of hydrogen-bond donors (Lipinski definition) is 2. The van der Waals surface area contributed by atoms with Crippen LogP contribution in [0.2, 0.25) is 0 Å². The summed E-state index contributed by atoms with van der Waals surface area (Å²) in [5, 5.41) is 9.43. The number of benzene rings is 2. The molecule has 0 radical (unpaired) electrons. The van der Waals surface area contributed by atoms with Crippen LogP contribution in [0.5, 0.6) is 5.75 Å². The quantitative estimate of drug-likeness (QED) is 0.652. The normalized spacial score (nSPS) is 20.3. The number of carbonyl (C=O) groups is 1. The second kappa shape index (κ2) is 8.87. The van der Waals surface area contributed by atoms with Gasteiger partial charge in [0.25, 0.3) is 0 Å². The van der Waals surface area contributed by atoms with E-state index in [1.165, 1.54) is 36.4 Å². The number of halogens is 1. The van der Waals surface area contributed by atoms with Crippen LogP contribution >= 0.6 is 0 Å². The van der Waals surface area contributed by atoms with Gasteiger partial charge in [-0.15, -0.1) is 0 Å². The number of piperidine rings is 1. The number of sulfonamides is 1. The zero-order valence-electron chi connectivity index (χ0n) is 15.4. The fourth-order valence-electron chi connectivity index (χ4n) is 3.14. The van der Waals surface area contributed by atoms with Gasteiger partial charge >= 0.3 is 5.97 Å². The number of aliphatic carboxylic acids is 1. The molecule has 1 heterocycles. The van der Waals surface area contributed by atoms with Crippen molar-refractivity contribution in [2.45, 2.75) is 36.5 Å². The van der Waals surface area contributed by atoms with E-state index < -0.39 is 28.1 Å². The van der Waals surface area contributed by atoms with Gasteiger partial charge in [0.2, 0.25) is 10.0 Å². The van der Waals surface area contributed by atoms with Crippen LogP contribution < -0.4 is 10.6 Å². The number of ether oxygens (including phenoxy) is 1. The molecule has 8 nitrogen and oxygen atoms in total. The molecule has 0 aliphatic carbocycles. The van der Waals surface area contributed by atoms with E-state index in [1.54, 1.807) is 12.1 Å². The summed E-state index contributed by atoms with van der Waals surface area (Å²) >= 11 is 0. The monoisotopic (exact) mass is 424 g/mol. The van der Waals surface area contributed by atoms with E-state index in [-0.39, 0.29) is 30.3 Å². The minimum absolute atomic E-state index is 0.00994. The van der Waals surface area contributed by atoms with E-state index in [4.69, 9.17) is 15.5 Å². The molecule has 2 aromatic rings. The highest BCUT2D eigenvalue weighted by molar-refractivity contribution is 7.89. The van der Waals surface area contributed by atoms with Crippen molar-refractivity contribution in [3.63, 3.8) is 0 Å². The van der Waals surface area contributed by atoms with Crippen molar-refractivity contribution in [1.29, 1.82) is 0 Å². The zero-order chi connectivity index (χ0) is 21.0. The first-order valence-electron chi connectivity index (χ1n) is 8.89. The van der Waals surface area contributed by atoms with Crippen molar-refractivity contribution in [2.24, 2.45) is 5.90 Å². The van der Waals surface area contributed by atoms with Gasteiger partial charge in [0.1, 0.15) is 24.2 Å². The number of rotatable bonds is 7. The van der Waals surface area contributed by atoms with E-state index in [1.807, 2.05) is 0 Å². The first-order chi connectivity index (χ1) is 13.8. The van der Waals surface area contributed by atoms with Gasteiger partial charge in [-0.2, -0.15) is 4.31 Å². The van der Waals surface area contributed by atoms with Crippen LogP contribution in [-0.2, 0) is 26.3 Å². The Balaban J connectivity index is 1.72. The van der Waals surface area contributed by atoms with Crippen molar-refractivity contribution in [1.82, 2.24) is 4.31 Å². The third-order valence-electron chi connectivity index (χ3n) is 4.73. The molecule has 0 unspecified atom stereocenters. The smallest absolute Gasteiger partial charge is 0.322 e. The average Bonchev–Trinajstić information content (AvgIpc) is 2.73. The Bertz CT molecular complexity index is 950. The van der Waals surface area contributed by atoms with Crippen LogP contribution in [0, 0.1) is 5.82 Å². The summed E-state index contributed by atoms with van der Waals surface area (Å²) in [5.41, 5.74) is 0.761. The average molecular weight is 424 g/mol. The molecule has 0 spiro atoms. The largest absolute Gasteiger partial charge is 0.489 e. The van der Waals surface area contributed by atoms with Gasteiger partial charge in [-0.05, 0) is 48.4 Å². The molecule has 0 aromatic heterocycles. The van der Waals surface area contributed by atoms with Crippen molar-refractivity contribution < 1.29 is 32.3 Å². The van der Waals surface area contributed by atoms with Crippen LogP contribution in [0.4, 0.5) is 4.39 Å². The Kier molecular flexibility index (Phi) is 6.48. The molecule has 1 fully saturated rings. The fraction of sp³-hybridized carbons (Fsp3) is 0.316. The van der Waals surface area contributed by atoms with Crippen LogP contribution in [0.3, 0.4) is 0 Å². The van der Waals surface area contributed by atoms with Gasteiger partial charge in [0.05, 0.1) is 11.0 Å². The predicted molar refractivity (Wildman–Crippen MR) is 101 cm³/mol. The molecule has 0 amide bonds. The number of hydrogen-bond acceptors (Lipinski definition) is 6. The molecule has 2 aromatic carbocycles. The Hall–Kier alpha value is -2.53. The highest BCUT2D eigenvalue weighted by atomic mass is 32.2. The molecule has 1 saturated heterocycles.